The SMILES string of the molecule is Nc1cc(-c2occ3ccccc23)nc(C(=O)O)c1Cl. The summed E-state index contributed by atoms with van der Waals surface area (Å²) in [5.74, 6) is -0.772. The number of benzene rings is 1. The van der Waals surface area contributed by atoms with E-state index in [9.17, 15) is 4.79 Å². The number of hydrogen-bond donors (Lipinski definition) is 2. The van der Waals surface area contributed by atoms with Crippen LogP contribution in [-0.4, -0.2) is 16.1 Å². The Hall–Kier alpha value is -2.53. The van der Waals surface area contributed by atoms with Crippen molar-refractivity contribution in [2.75, 3.05) is 5.73 Å². The Labute approximate surface area is 118 Å². The first kappa shape index (κ1) is 12.5. The van der Waals surface area contributed by atoms with Crippen molar-refractivity contribution in [2.24, 2.45) is 0 Å². The molecule has 0 radical (unpaired) electrons. The number of halogens is 1. The molecule has 6 heteroatoms. The van der Waals surface area contributed by atoms with Crippen molar-refractivity contribution >= 4 is 34.0 Å². The highest BCUT2D eigenvalue weighted by Crippen LogP contribution is 2.33. The van der Waals surface area contributed by atoms with Crippen LogP contribution < -0.4 is 5.73 Å². The van der Waals surface area contributed by atoms with Gasteiger partial charge in [-0.3, -0.25) is 0 Å². The molecule has 0 aliphatic carbocycles. The number of nitrogen functional groups attached to an aromatic ring is 1. The summed E-state index contributed by atoms with van der Waals surface area (Å²) in [6.07, 6.45) is 1.58. The van der Waals surface area contributed by atoms with E-state index in [4.69, 9.17) is 26.9 Å². The molecule has 0 unspecified atom stereocenters. The zero-order valence-electron chi connectivity index (χ0n) is 10.1. The fourth-order valence-electron chi connectivity index (χ4n) is 2.00. The molecule has 0 fully saturated rings. The normalized spacial score (nSPS) is 10.8. The predicted octanol–water partition coefficient (Wildman–Crippen LogP) is 3.43. The van der Waals surface area contributed by atoms with Crippen LogP contribution in [0.3, 0.4) is 0 Å². The van der Waals surface area contributed by atoms with Gasteiger partial charge in [-0.05, 0) is 6.07 Å². The quantitative estimate of drug-likeness (QED) is 0.754. The van der Waals surface area contributed by atoms with Crippen LogP contribution in [0.4, 0.5) is 5.69 Å². The highest BCUT2D eigenvalue weighted by atomic mass is 35.5. The van der Waals surface area contributed by atoms with Crippen LogP contribution >= 0.6 is 11.6 Å². The van der Waals surface area contributed by atoms with Gasteiger partial charge in [-0.1, -0.05) is 35.9 Å². The third-order valence-electron chi connectivity index (χ3n) is 2.93. The minimum Gasteiger partial charge on any atom is -0.476 e. The molecule has 0 saturated carbocycles. The summed E-state index contributed by atoms with van der Waals surface area (Å²) in [7, 11) is 0. The number of hydrogen-bond acceptors (Lipinski definition) is 4. The highest BCUT2D eigenvalue weighted by molar-refractivity contribution is 6.35. The zero-order chi connectivity index (χ0) is 14.3. The van der Waals surface area contributed by atoms with Gasteiger partial charge >= 0.3 is 5.97 Å². The number of carbonyl (C=O) groups is 1. The molecule has 3 aromatic rings. The molecule has 3 N–H and O–H groups in total. The van der Waals surface area contributed by atoms with Crippen LogP contribution in [0.2, 0.25) is 5.02 Å². The van der Waals surface area contributed by atoms with Crippen LogP contribution in [0.15, 0.2) is 41.0 Å². The van der Waals surface area contributed by atoms with Gasteiger partial charge in [0, 0.05) is 10.8 Å². The Bertz CT molecular complexity index is 826. The largest absolute Gasteiger partial charge is 0.476 e. The number of carboxylic acids is 1. The fraction of sp³-hybridized carbons (Fsp3) is 0. The molecule has 0 atom stereocenters. The average molecular weight is 289 g/mol. The van der Waals surface area contributed by atoms with E-state index in [1.165, 1.54) is 6.07 Å². The second kappa shape index (κ2) is 4.54. The molecule has 5 nitrogen and oxygen atoms in total. The summed E-state index contributed by atoms with van der Waals surface area (Å²) in [6, 6.07) is 8.99. The highest BCUT2D eigenvalue weighted by Gasteiger charge is 2.18. The van der Waals surface area contributed by atoms with E-state index in [1.807, 2.05) is 24.3 Å². The summed E-state index contributed by atoms with van der Waals surface area (Å²) in [6.45, 7) is 0. The topological polar surface area (TPSA) is 89.4 Å². The fourth-order valence-corrected chi connectivity index (χ4v) is 2.18. The van der Waals surface area contributed by atoms with Crippen LogP contribution in [0.5, 0.6) is 0 Å². The number of carboxylic acid groups (broad SMARTS) is 1. The maximum absolute atomic E-state index is 11.1. The molecular weight excluding hydrogens is 280 g/mol. The Morgan fingerprint density at radius 2 is 2.10 bits per heavy atom. The van der Waals surface area contributed by atoms with Crippen LogP contribution in [0.25, 0.3) is 22.2 Å². The maximum Gasteiger partial charge on any atom is 0.356 e. The number of nitrogens with two attached hydrogens (primary N) is 1. The van der Waals surface area contributed by atoms with Gasteiger partial charge in [0.15, 0.2) is 11.5 Å². The van der Waals surface area contributed by atoms with Crippen LogP contribution in [0, 0.1) is 0 Å². The summed E-state index contributed by atoms with van der Waals surface area (Å²) < 4.78 is 5.48. The molecule has 0 aliphatic rings. The summed E-state index contributed by atoms with van der Waals surface area (Å²) in [5, 5.41) is 10.7. The summed E-state index contributed by atoms with van der Waals surface area (Å²) >= 11 is 5.84. The number of furan rings is 1. The van der Waals surface area contributed by atoms with E-state index >= 15 is 0 Å². The van der Waals surface area contributed by atoms with Crippen molar-refractivity contribution < 1.29 is 14.3 Å². The predicted molar refractivity (Wildman–Crippen MR) is 75.8 cm³/mol. The van der Waals surface area contributed by atoms with Gasteiger partial charge < -0.3 is 15.3 Å². The van der Waals surface area contributed by atoms with E-state index in [0.29, 0.717) is 11.5 Å². The van der Waals surface area contributed by atoms with Gasteiger partial charge in [0.25, 0.3) is 0 Å². The third kappa shape index (κ3) is 1.88. The summed E-state index contributed by atoms with van der Waals surface area (Å²) in [4.78, 5) is 15.1. The molecule has 0 amide bonds. The number of fused-ring (bicyclic) bond motifs is 1. The number of pyridine rings is 1. The van der Waals surface area contributed by atoms with Gasteiger partial charge in [0.2, 0.25) is 0 Å². The molecule has 0 aliphatic heterocycles. The van der Waals surface area contributed by atoms with Gasteiger partial charge in [-0.2, -0.15) is 0 Å². The minimum absolute atomic E-state index is 0.0721. The Balaban J connectivity index is 2.27. The smallest absolute Gasteiger partial charge is 0.356 e. The van der Waals surface area contributed by atoms with Gasteiger partial charge in [-0.15, -0.1) is 0 Å². The van der Waals surface area contributed by atoms with E-state index in [-0.39, 0.29) is 16.4 Å². The van der Waals surface area contributed by atoms with Crippen molar-refractivity contribution in [1.82, 2.24) is 4.98 Å². The lowest BCUT2D eigenvalue weighted by molar-refractivity contribution is 0.0691. The molecule has 100 valence electrons. The molecule has 0 spiro atoms. The average Bonchev–Trinajstić information content (AvgIpc) is 2.85. The summed E-state index contributed by atoms with van der Waals surface area (Å²) in [5.41, 5.74) is 5.93. The van der Waals surface area contributed by atoms with E-state index < -0.39 is 5.97 Å². The number of anilines is 1. The van der Waals surface area contributed by atoms with Gasteiger partial charge in [0.1, 0.15) is 5.69 Å². The molecule has 1 aromatic carbocycles. The van der Waals surface area contributed by atoms with Gasteiger partial charge in [-0.25, -0.2) is 9.78 Å². The number of aromatic carboxylic acids is 1. The first-order valence-corrected chi connectivity index (χ1v) is 6.11. The minimum atomic E-state index is -1.24. The van der Waals surface area contributed by atoms with Crippen molar-refractivity contribution in [3.8, 4) is 11.5 Å². The lowest BCUT2D eigenvalue weighted by Crippen LogP contribution is -2.05. The van der Waals surface area contributed by atoms with Crippen molar-refractivity contribution in [1.29, 1.82) is 0 Å². The molecular formula is C14H9ClN2O3. The first-order chi connectivity index (χ1) is 9.58. The van der Waals surface area contributed by atoms with Crippen molar-refractivity contribution in [3.05, 3.63) is 47.3 Å². The molecule has 2 heterocycles. The second-order valence-corrected chi connectivity index (χ2v) is 4.59. The Kier molecular flexibility index (Phi) is 2.84. The lowest BCUT2D eigenvalue weighted by atomic mass is 10.1. The van der Waals surface area contributed by atoms with E-state index in [0.717, 1.165) is 10.8 Å². The Morgan fingerprint density at radius 1 is 1.35 bits per heavy atom. The monoisotopic (exact) mass is 288 g/mol. The van der Waals surface area contributed by atoms with Crippen LogP contribution in [0.1, 0.15) is 10.5 Å². The molecule has 2 aromatic heterocycles. The van der Waals surface area contributed by atoms with Crippen molar-refractivity contribution in [3.63, 3.8) is 0 Å². The molecule has 0 bridgehead atoms. The number of nitrogens with zero attached hydrogens (tertiary/aromatic N) is 1. The molecule has 3 rings (SSSR count). The first-order valence-electron chi connectivity index (χ1n) is 5.74. The molecule has 0 saturated heterocycles. The number of rotatable bonds is 2. The van der Waals surface area contributed by atoms with Crippen molar-refractivity contribution in [2.45, 2.75) is 0 Å². The number of aromatic nitrogens is 1. The zero-order valence-corrected chi connectivity index (χ0v) is 10.9. The third-order valence-corrected chi connectivity index (χ3v) is 3.33. The van der Waals surface area contributed by atoms with E-state index in [2.05, 4.69) is 4.98 Å². The Morgan fingerprint density at radius 3 is 2.85 bits per heavy atom. The standard InChI is InChI=1S/C14H9ClN2O3/c15-11-9(16)5-10(17-12(11)14(18)19)13-8-4-2-1-3-7(8)6-20-13/h1-6H,(H2,16,17)(H,18,19). The van der Waals surface area contributed by atoms with E-state index in [1.54, 1.807) is 6.26 Å². The maximum atomic E-state index is 11.1. The van der Waals surface area contributed by atoms with Gasteiger partial charge in [0.05, 0.1) is 17.0 Å². The molecule has 20 heavy (non-hydrogen) atoms. The second-order valence-electron chi connectivity index (χ2n) is 4.22. The van der Waals surface area contributed by atoms with Crippen LogP contribution in [-0.2, 0) is 0 Å². The lowest BCUT2D eigenvalue weighted by Gasteiger charge is -2.05.